The van der Waals surface area contributed by atoms with Crippen LogP contribution in [0, 0.1) is 0 Å². The first-order valence-electron chi connectivity index (χ1n) is 16.2. The Labute approximate surface area is 283 Å². The summed E-state index contributed by atoms with van der Waals surface area (Å²) in [5.41, 5.74) is 11.6. The predicted molar refractivity (Wildman–Crippen MR) is 206 cm³/mol. The summed E-state index contributed by atoms with van der Waals surface area (Å²) in [5.74, 6) is 0. The third kappa shape index (κ3) is 5.02. The number of nitrogens with zero attached hydrogens (tertiary/aromatic N) is 2. The Kier molecular flexibility index (Phi) is 7.03. The Hall–Kier alpha value is -6.03. The monoisotopic (exact) mass is 630 g/mol. The van der Waals surface area contributed by atoms with Crippen LogP contribution >= 0.6 is 11.3 Å². The average Bonchev–Trinajstić information content (AvgIpc) is 3.55. The second kappa shape index (κ2) is 12.0. The molecule has 0 radical (unpaired) electrons. The lowest BCUT2D eigenvalue weighted by Gasteiger charge is -2.28. The molecule has 0 bridgehead atoms. The minimum atomic E-state index is 1.02. The van der Waals surface area contributed by atoms with Crippen molar-refractivity contribution in [1.82, 2.24) is 4.98 Å². The molecule has 0 spiro atoms. The van der Waals surface area contributed by atoms with Crippen molar-refractivity contribution >= 4 is 59.5 Å². The molecule has 0 aliphatic heterocycles. The zero-order valence-corrected chi connectivity index (χ0v) is 26.9. The molecule has 2 heterocycles. The number of pyridine rings is 1. The standard InChI is InChI=1S/C45H30N2S/c1-3-11-31(12-4-1)32-19-21-33(22-20-32)34-23-25-36(26-24-34)47(42-18-10-8-15-38(42)35-13-5-2-6-14-35)37-27-28-43-40(29-37)45-39-16-7-9-17-41(39)46-30-44(45)48-43/h1-30H. The van der Waals surface area contributed by atoms with Gasteiger partial charge in [-0.05, 0) is 70.3 Å². The van der Waals surface area contributed by atoms with E-state index in [0.29, 0.717) is 0 Å². The summed E-state index contributed by atoms with van der Waals surface area (Å²) in [6.45, 7) is 0. The highest BCUT2D eigenvalue weighted by atomic mass is 32.1. The Morgan fingerprint density at radius 2 is 0.979 bits per heavy atom. The fourth-order valence-corrected chi connectivity index (χ4v) is 7.86. The van der Waals surface area contributed by atoms with E-state index in [9.17, 15) is 0 Å². The number of benzene rings is 7. The van der Waals surface area contributed by atoms with Gasteiger partial charge in [0.25, 0.3) is 0 Å². The number of para-hydroxylation sites is 2. The van der Waals surface area contributed by atoms with Gasteiger partial charge in [-0.1, -0.05) is 133 Å². The minimum absolute atomic E-state index is 1.02. The molecule has 48 heavy (non-hydrogen) atoms. The Bertz CT molecular complexity index is 2540. The SMILES string of the molecule is c1ccc(-c2ccc(-c3ccc(N(c4ccc5sc6cnc7ccccc7c6c5c4)c4ccccc4-c4ccccc4)cc3)cc2)cc1. The average molecular weight is 631 g/mol. The molecule has 2 aromatic heterocycles. The molecule has 0 atom stereocenters. The third-order valence-electron chi connectivity index (χ3n) is 9.13. The number of hydrogen-bond donors (Lipinski definition) is 0. The largest absolute Gasteiger partial charge is 0.310 e. The van der Waals surface area contributed by atoms with Crippen molar-refractivity contribution in [2.75, 3.05) is 4.90 Å². The van der Waals surface area contributed by atoms with E-state index in [-0.39, 0.29) is 0 Å². The molecule has 7 aromatic carbocycles. The first kappa shape index (κ1) is 28.2. The van der Waals surface area contributed by atoms with Crippen LogP contribution in [-0.2, 0) is 0 Å². The lowest BCUT2D eigenvalue weighted by Crippen LogP contribution is -2.11. The van der Waals surface area contributed by atoms with E-state index in [0.717, 1.165) is 22.6 Å². The van der Waals surface area contributed by atoms with Crippen LogP contribution < -0.4 is 4.90 Å². The van der Waals surface area contributed by atoms with Gasteiger partial charge in [0.15, 0.2) is 0 Å². The van der Waals surface area contributed by atoms with E-state index in [1.165, 1.54) is 58.9 Å². The van der Waals surface area contributed by atoms with Crippen molar-refractivity contribution in [3.05, 3.63) is 182 Å². The second-order valence-electron chi connectivity index (χ2n) is 12.0. The summed E-state index contributed by atoms with van der Waals surface area (Å²) in [6.07, 6.45) is 2.02. The highest BCUT2D eigenvalue weighted by Gasteiger charge is 2.19. The molecule has 3 heteroatoms. The number of thiophene rings is 1. The van der Waals surface area contributed by atoms with E-state index < -0.39 is 0 Å². The topological polar surface area (TPSA) is 16.1 Å². The van der Waals surface area contributed by atoms with Crippen LogP contribution in [0.2, 0.25) is 0 Å². The Morgan fingerprint density at radius 3 is 1.71 bits per heavy atom. The number of hydrogen-bond acceptors (Lipinski definition) is 3. The number of anilines is 3. The molecule has 0 amide bonds. The molecule has 0 aliphatic rings. The number of aromatic nitrogens is 1. The maximum atomic E-state index is 4.76. The minimum Gasteiger partial charge on any atom is -0.310 e. The first-order valence-corrected chi connectivity index (χ1v) is 17.0. The molecule has 0 saturated heterocycles. The van der Waals surface area contributed by atoms with Gasteiger partial charge in [0.05, 0.1) is 15.9 Å². The van der Waals surface area contributed by atoms with Crippen molar-refractivity contribution < 1.29 is 0 Å². The number of rotatable bonds is 6. The fraction of sp³-hybridized carbons (Fsp3) is 0. The van der Waals surface area contributed by atoms with E-state index in [2.05, 4.69) is 181 Å². The van der Waals surface area contributed by atoms with Crippen LogP contribution in [-0.4, -0.2) is 4.98 Å². The summed E-state index contributed by atoms with van der Waals surface area (Å²) in [6, 6.07) is 63.1. The molecule has 2 nitrogen and oxygen atoms in total. The van der Waals surface area contributed by atoms with Gasteiger partial charge in [0.1, 0.15) is 0 Å². The molecular formula is C45H30N2S. The summed E-state index contributed by atoms with van der Waals surface area (Å²) in [7, 11) is 0. The third-order valence-corrected chi connectivity index (χ3v) is 10.2. The molecule has 0 unspecified atom stereocenters. The van der Waals surface area contributed by atoms with Crippen LogP contribution in [0.4, 0.5) is 17.1 Å². The lowest BCUT2D eigenvalue weighted by molar-refractivity contribution is 1.29. The first-order chi connectivity index (χ1) is 23.8. The van der Waals surface area contributed by atoms with Gasteiger partial charge >= 0.3 is 0 Å². The molecule has 0 fully saturated rings. The van der Waals surface area contributed by atoms with Crippen molar-refractivity contribution in [2.24, 2.45) is 0 Å². The fourth-order valence-electron chi connectivity index (χ4n) is 6.78. The smallest absolute Gasteiger partial charge is 0.0709 e. The summed E-state index contributed by atoms with van der Waals surface area (Å²) in [4.78, 5) is 7.16. The summed E-state index contributed by atoms with van der Waals surface area (Å²) < 4.78 is 2.47. The normalized spacial score (nSPS) is 11.3. The molecular weight excluding hydrogens is 601 g/mol. The van der Waals surface area contributed by atoms with Gasteiger partial charge in [-0.25, -0.2) is 0 Å². The quantitative estimate of drug-likeness (QED) is 0.182. The van der Waals surface area contributed by atoms with Crippen LogP contribution in [0.3, 0.4) is 0 Å². The van der Waals surface area contributed by atoms with Crippen LogP contribution in [0.1, 0.15) is 0 Å². The molecule has 9 aromatic rings. The molecule has 0 aliphatic carbocycles. The lowest BCUT2D eigenvalue weighted by atomic mass is 9.99. The van der Waals surface area contributed by atoms with Crippen molar-refractivity contribution in [1.29, 1.82) is 0 Å². The van der Waals surface area contributed by atoms with Crippen molar-refractivity contribution in [3.63, 3.8) is 0 Å². The highest BCUT2D eigenvalue weighted by Crippen LogP contribution is 2.45. The van der Waals surface area contributed by atoms with Gasteiger partial charge in [-0.3, -0.25) is 4.98 Å². The molecule has 0 saturated carbocycles. The Balaban J connectivity index is 1.19. The molecule has 226 valence electrons. The van der Waals surface area contributed by atoms with Gasteiger partial charge in [0.2, 0.25) is 0 Å². The van der Waals surface area contributed by atoms with Crippen LogP contribution in [0.15, 0.2) is 182 Å². The van der Waals surface area contributed by atoms with E-state index >= 15 is 0 Å². The number of fused-ring (bicyclic) bond motifs is 5. The second-order valence-corrected chi connectivity index (χ2v) is 13.1. The van der Waals surface area contributed by atoms with Crippen LogP contribution in [0.25, 0.3) is 64.5 Å². The van der Waals surface area contributed by atoms with E-state index in [1.807, 2.05) is 6.20 Å². The van der Waals surface area contributed by atoms with E-state index in [1.54, 1.807) is 11.3 Å². The zero-order chi connectivity index (χ0) is 31.9. The van der Waals surface area contributed by atoms with Gasteiger partial charge < -0.3 is 4.90 Å². The van der Waals surface area contributed by atoms with Crippen molar-refractivity contribution in [2.45, 2.75) is 0 Å². The predicted octanol–water partition coefficient (Wildman–Crippen LogP) is 13.1. The summed E-state index contributed by atoms with van der Waals surface area (Å²) in [5, 5.41) is 3.72. The Morgan fingerprint density at radius 1 is 0.417 bits per heavy atom. The van der Waals surface area contributed by atoms with E-state index in [4.69, 9.17) is 4.98 Å². The highest BCUT2D eigenvalue weighted by molar-refractivity contribution is 7.26. The maximum Gasteiger partial charge on any atom is 0.0709 e. The maximum absolute atomic E-state index is 4.76. The van der Waals surface area contributed by atoms with Crippen molar-refractivity contribution in [3.8, 4) is 33.4 Å². The molecule has 9 rings (SSSR count). The van der Waals surface area contributed by atoms with Gasteiger partial charge in [-0.15, -0.1) is 11.3 Å². The summed E-state index contributed by atoms with van der Waals surface area (Å²) >= 11 is 1.81. The van der Waals surface area contributed by atoms with Crippen LogP contribution in [0.5, 0.6) is 0 Å². The van der Waals surface area contributed by atoms with Gasteiger partial charge in [-0.2, -0.15) is 0 Å². The molecule has 0 N–H and O–H groups in total. The van der Waals surface area contributed by atoms with Gasteiger partial charge in [0, 0.05) is 44.0 Å². The zero-order valence-electron chi connectivity index (χ0n) is 26.1.